The molecule has 0 aliphatic heterocycles. The fourth-order valence-electron chi connectivity index (χ4n) is 0.755. The number of benzene rings is 1. The molecule has 0 bridgehead atoms. The Balaban J connectivity index is 0.000000791. The summed E-state index contributed by atoms with van der Waals surface area (Å²) in [6.45, 7) is 0. The SMILES string of the molecule is NN.NNc1ccc(C(F)(F)F)cc1. The van der Waals surface area contributed by atoms with E-state index in [1.165, 1.54) is 12.1 Å². The number of alkyl halides is 3. The first-order valence-corrected chi connectivity index (χ1v) is 3.51. The molecule has 0 spiro atoms. The van der Waals surface area contributed by atoms with Gasteiger partial charge < -0.3 is 5.43 Å². The predicted molar refractivity (Wildman–Crippen MR) is 47.6 cm³/mol. The Morgan fingerprint density at radius 2 is 1.43 bits per heavy atom. The molecule has 0 saturated carbocycles. The van der Waals surface area contributed by atoms with Gasteiger partial charge >= 0.3 is 6.18 Å². The minimum absolute atomic E-state index is 0.447. The molecule has 0 amide bonds. The highest BCUT2D eigenvalue weighted by atomic mass is 19.4. The van der Waals surface area contributed by atoms with Crippen LogP contribution in [0.4, 0.5) is 18.9 Å². The predicted octanol–water partition coefficient (Wildman–Crippen LogP) is 0.810. The molecule has 14 heavy (non-hydrogen) atoms. The first-order chi connectivity index (χ1) is 6.54. The number of nitrogen functional groups attached to an aromatic ring is 1. The molecule has 1 rings (SSSR count). The fourth-order valence-corrected chi connectivity index (χ4v) is 0.755. The Kier molecular flexibility index (Phi) is 4.92. The van der Waals surface area contributed by atoms with Crippen LogP contribution in [0.3, 0.4) is 0 Å². The van der Waals surface area contributed by atoms with Gasteiger partial charge in [0.2, 0.25) is 0 Å². The first kappa shape index (κ1) is 12.7. The van der Waals surface area contributed by atoms with Crippen molar-refractivity contribution in [3.8, 4) is 0 Å². The molecule has 0 fully saturated rings. The van der Waals surface area contributed by atoms with E-state index in [4.69, 9.17) is 5.84 Å². The van der Waals surface area contributed by atoms with Gasteiger partial charge in [-0.25, -0.2) is 0 Å². The number of nitrogens with one attached hydrogen (secondary N) is 1. The normalized spacial score (nSPS) is 10.1. The van der Waals surface area contributed by atoms with Gasteiger partial charge in [0.25, 0.3) is 0 Å². The molecule has 1 aromatic rings. The molecule has 0 radical (unpaired) electrons. The van der Waals surface area contributed by atoms with E-state index in [0.29, 0.717) is 5.69 Å². The fraction of sp³-hybridized carbons (Fsp3) is 0.143. The van der Waals surface area contributed by atoms with Crippen LogP contribution in [0.1, 0.15) is 5.56 Å². The Morgan fingerprint density at radius 1 is 1.00 bits per heavy atom. The molecular formula is C7H11F3N4. The molecule has 0 aromatic heterocycles. The van der Waals surface area contributed by atoms with Crippen molar-refractivity contribution in [3.05, 3.63) is 29.8 Å². The molecule has 0 heterocycles. The molecular weight excluding hydrogens is 197 g/mol. The Bertz CT molecular complexity index is 257. The number of hydrazine groups is 2. The van der Waals surface area contributed by atoms with E-state index in [0.717, 1.165) is 12.1 Å². The van der Waals surface area contributed by atoms with Crippen LogP contribution in [0.25, 0.3) is 0 Å². The summed E-state index contributed by atoms with van der Waals surface area (Å²) in [6, 6.07) is 4.47. The highest BCUT2D eigenvalue weighted by molar-refractivity contribution is 5.43. The maximum atomic E-state index is 12.0. The van der Waals surface area contributed by atoms with Gasteiger partial charge in [0.15, 0.2) is 0 Å². The second-order valence-corrected chi connectivity index (χ2v) is 2.22. The monoisotopic (exact) mass is 208 g/mol. The summed E-state index contributed by atoms with van der Waals surface area (Å²) in [5.41, 5.74) is 2.01. The van der Waals surface area contributed by atoms with E-state index < -0.39 is 11.7 Å². The van der Waals surface area contributed by atoms with Crippen LogP contribution in [0, 0.1) is 0 Å². The zero-order valence-corrected chi connectivity index (χ0v) is 7.18. The largest absolute Gasteiger partial charge is 0.416 e. The Morgan fingerprint density at radius 3 is 1.71 bits per heavy atom. The van der Waals surface area contributed by atoms with Crippen molar-refractivity contribution in [3.63, 3.8) is 0 Å². The summed E-state index contributed by atoms with van der Waals surface area (Å²) in [5, 5.41) is 0. The lowest BCUT2D eigenvalue weighted by Crippen LogP contribution is -2.08. The van der Waals surface area contributed by atoms with E-state index in [9.17, 15) is 13.2 Å². The third-order valence-electron chi connectivity index (χ3n) is 1.38. The van der Waals surface area contributed by atoms with Crippen molar-refractivity contribution >= 4 is 5.69 Å². The molecule has 80 valence electrons. The van der Waals surface area contributed by atoms with Gasteiger partial charge in [-0.15, -0.1) is 0 Å². The van der Waals surface area contributed by atoms with E-state index in [1.54, 1.807) is 0 Å². The Labute approximate surface area is 78.8 Å². The molecule has 0 unspecified atom stereocenters. The second kappa shape index (κ2) is 5.43. The molecule has 0 saturated heterocycles. The van der Waals surface area contributed by atoms with Gasteiger partial charge in [-0.3, -0.25) is 17.5 Å². The quantitative estimate of drug-likeness (QED) is 0.406. The lowest BCUT2D eigenvalue weighted by Gasteiger charge is -2.06. The first-order valence-electron chi connectivity index (χ1n) is 3.51. The maximum Gasteiger partial charge on any atom is 0.416 e. The van der Waals surface area contributed by atoms with Crippen molar-refractivity contribution in [2.75, 3.05) is 5.43 Å². The van der Waals surface area contributed by atoms with Crippen molar-refractivity contribution in [1.29, 1.82) is 0 Å². The highest BCUT2D eigenvalue weighted by Gasteiger charge is 2.29. The minimum atomic E-state index is -4.28. The van der Waals surface area contributed by atoms with Crippen LogP contribution in [-0.2, 0) is 6.18 Å². The summed E-state index contributed by atoms with van der Waals surface area (Å²) < 4.78 is 35.9. The summed E-state index contributed by atoms with van der Waals surface area (Å²) >= 11 is 0. The van der Waals surface area contributed by atoms with Crippen LogP contribution in [0.2, 0.25) is 0 Å². The Hall–Kier alpha value is -1.31. The van der Waals surface area contributed by atoms with E-state index in [1.807, 2.05) is 0 Å². The van der Waals surface area contributed by atoms with Crippen LogP contribution in [-0.4, -0.2) is 0 Å². The molecule has 1 aromatic carbocycles. The van der Waals surface area contributed by atoms with Gasteiger partial charge in [-0.05, 0) is 24.3 Å². The molecule has 0 atom stereocenters. The average Bonchev–Trinajstić information content (AvgIpc) is 2.20. The number of nitrogens with two attached hydrogens (primary N) is 3. The van der Waals surface area contributed by atoms with Crippen molar-refractivity contribution in [2.24, 2.45) is 17.5 Å². The van der Waals surface area contributed by atoms with Gasteiger partial charge in [-0.2, -0.15) is 13.2 Å². The summed E-state index contributed by atoms with van der Waals surface area (Å²) in [4.78, 5) is 0. The van der Waals surface area contributed by atoms with E-state index >= 15 is 0 Å². The van der Waals surface area contributed by atoms with Crippen molar-refractivity contribution in [1.82, 2.24) is 0 Å². The third-order valence-corrected chi connectivity index (χ3v) is 1.38. The number of anilines is 1. The number of hydrogen-bond donors (Lipinski definition) is 4. The summed E-state index contributed by atoms with van der Waals surface area (Å²) in [6.07, 6.45) is -4.28. The zero-order chi connectivity index (χ0) is 11.2. The lowest BCUT2D eigenvalue weighted by molar-refractivity contribution is -0.137. The zero-order valence-electron chi connectivity index (χ0n) is 7.18. The molecule has 0 aliphatic rings. The topological polar surface area (TPSA) is 90.1 Å². The van der Waals surface area contributed by atoms with Crippen molar-refractivity contribution < 1.29 is 13.2 Å². The molecule has 7 N–H and O–H groups in total. The van der Waals surface area contributed by atoms with Crippen molar-refractivity contribution in [2.45, 2.75) is 6.18 Å². The second-order valence-electron chi connectivity index (χ2n) is 2.22. The molecule has 7 heteroatoms. The molecule has 4 nitrogen and oxygen atoms in total. The maximum absolute atomic E-state index is 12.0. The minimum Gasteiger partial charge on any atom is -0.324 e. The van der Waals surface area contributed by atoms with E-state index in [-0.39, 0.29) is 0 Å². The van der Waals surface area contributed by atoms with Crippen LogP contribution in [0.5, 0.6) is 0 Å². The number of rotatable bonds is 1. The van der Waals surface area contributed by atoms with Crippen LogP contribution >= 0.6 is 0 Å². The lowest BCUT2D eigenvalue weighted by atomic mass is 10.2. The number of hydrogen-bond acceptors (Lipinski definition) is 4. The number of halogens is 3. The summed E-state index contributed by atoms with van der Waals surface area (Å²) in [7, 11) is 0. The van der Waals surface area contributed by atoms with Gasteiger partial charge in [0, 0.05) is 5.69 Å². The van der Waals surface area contributed by atoms with Gasteiger partial charge in [0.1, 0.15) is 0 Å². The van der Waals surface area contributed by atoms with Crippen LogP contribution in [0.15, 0.2) is 24.3 Å². The smallest absolute Gasteiger partial charge is 0.324 e. The molecule has 0 aliphatic carbocycles. The van der Waals surface area contributed by atoms with Gasteiger partial charge in [0.05, 0.1) is 5.56 Å². The van der Waals surface area contributed by atoms with Crippen LogP contribution < -0.4 is 23.0 Å². The van der Waals surface area contributed by atoms with E-state index in [2.05, 4.69) is 17.1 Å². The van der Waals surface area contributed by atoms with Gasteiger partial charge in [-0.1, -0.05) is 0 Å². The third kappa shape index (κ3) is 3.60. The average molecular weight is 208 g/mol. The highest BCUT2D eigenvalue weighted by Crippen LogP contribution is 2.29. The standard InChI is InChI=1S/C7H7F3N2.H4N2/c8-7(9,10)5-1-3-6(12-11)4-2-5;1-2/h1-4,12H,11H2;1-2H2. The summed E-state index contributed by atoms with van der Waals surface area (Å²) in [5.74, 6) is 13.0.